The van der Waals surface area contributed by atoms with Crippen molar-refractivity contribution in [2.75, 3.05) is 0 Å². The molecule has 0 radical (unpaired) electrons. The Morgan fingerprint density at radius 3 is 2.22 bits per heavy atom. The van der Waals surface area contributed by atoms with Gasteiger partial charge >= 0.3 is 6.03 Å². The average molecular weight is 319 g/mol. The fourth-order valence-corrected chi connectivity index (χ4v) is 2.52. The minimum Gasteiger partial charge on any atom is -0.351 e. The van der Waals surface area contributed by atoms with Gasteiger partial charge in [0.25, 0.3) is 0 Å². The predicted octanol–water partition coefficient (Wildman–Crippen LogP) is 2.90. The van der Waals surface area contributed by atoms with E-state index in [1.807, 2.05) is 0 Å². The molecule has 0 aromatic heterocycles. The van der Waals surface area contributed by atoms with Crippen LogP contribution in [0.15, 0.2) is 24.3 Å². The molecule has 1 aromatic carbocycles. The van der Waals surface area contributed by atoms with E-state index in [9.17, 15) is 9.59 Å². The molecule has 0 saturated carbocycles. The van der Waals surface area contributed by atoms with Crippen LogP contribution in [0.2, 0.25) is 0 Å². The molecule has 0 spiro atoms. The molecule has 23 heavy (non-hydrogen) atoms. The summed E-state index contributed by atoms with van der Waals surface area (Å²) in [6, 6.07) is 7.22. The number of benzene rings is 1. The summed E-state index contributed by atoms with van der Waals surface area (Å²) >= 11 is 0. The zero-order valence-electron chi connectivity index (χ0n) is 14.6. The van der Waals surface area contributed by atoms with Gasteiger partial charge in [0.05, 0.1) is 6.04 Å². The maximum Gasteiger partial charge on any atom is 0.318 e. The molecule has 1 aromatic rings. The van der Waals surface area contributed by atoms with Gasteiger partial charge in [-0.3, -0.25) is 15.4 Å². The van der Waals surface area contributed by atoms with Crippen LogP contribution in [0.3, 0.4) is 0 Å². The number of aryl methyl sites for hydroxylation is 1. The molecule has 0 heterocycles. The molecule has 2 atom stereocenters. The summed E-state index contributed by atoms with van der Waals surface area (Å²) in [6.45, 7) is 8.11. The first-order chi connectivity index (χ1) is 10.8. The van der Waals surface area contributed by atoms with Crippen molar-refractivity contribution in [2.45, 2.75) is 59.0 Å². The Morgan fingerprint density at radius 1 is 1.13 bits per heavy atom. The molecule has 0 aliphatic rings. The second-order valence-corrected chi connectivity index (χ2v) is 6.31. The summed E-state index contributed by atoms with van der Waals surface area (Å²) < 4.78 is 0. The molecule has 0 saturated heterocycles. The maximum atomic E-state index is 11.8. The normalized spacial score (nSPS) is 13.6. The quantitative estimate of drug-likeness (QED) is 0.689. The van der Waals surface area contributed by atoms with Crippen LogP contribution < -0.4 is 16.4 Å². The summed E-state index contributed by atoms with van der Waals surface area (Å²) in [5.74, 6) is -0.108. The smallest absolute Gasteiger partial charge is 0.318 e. The molecule has 1 rings (SSSR count). The Labute approximate surface area is 139 Å². The summed E-state index contributed by atoms with van der Waals surface area (Å²) in [5.41, 5.74) is 7.46. The molecule has 0 unspecified atom stereocenters. The topological polar surface area (TPSA) is 84.2 Å². The number of hydrogen-bond acceptors (Lipinski definition) is 3. The second kappa shape index (κ2) is 9.30. The van der Waals surface area contributed by atoms with E-state index in [0.717, 1.165) is 12.0 Å². The number of carbonyl (C=O) groups is 2. The molecule has 0 aliphatic carbocycles. The van der Waals surface area contributed by atoms with Gasteiger partial charge in [-0.15, -0.1) is 0 Å². The fraction of sp³-hybridized carbons (Fsp3) is 0.556. The summed E-state index contributed by atoms with van der Waals surface area (Å²) in [6.07, 6.45) is 3.47. The number of urea groups is 1. The monoisotopic (exact) mass is 319 g/mol. The van der Waals surface area contributed by atoms with Crippen molar-refractivity contribution >= 4 is 11.9 Å². The molecule has 5 nitrogen and oxygen atoms in total. The van der Waals surface area contributed by atoms with Crippen molar-refractivity contribution in [2.24, 2.45) is 11.7 Å². The highest BCUT2D eigenvalue weighted by molar-refractivity contribution is 5.96. The van der Waals surface area contributed by atoms with Crippen molar-refractivity contribution in [3.8, 4) is 0 Å². The number of unbranched alkanes of at least 4 members (excludes halogenated alkanes) is 1. The van der Waals surface area contributed by atoms with Gasteiger partial charge in [-0.25, -0.2) is 4.79 Å². The number of imide groups is 1. The van der Waals surface area contributed by atoms with E-state index in [4.69, 9.17) is 5.73 Å². The summed E-state index contributed by atoms with van der Waals surface area (Å²) in [5, 5.41) is 5.39. The highest BCUT2D eigenvalue weighted by Crippen LogP contribution is 2.23. The number of carbonyl (C=O) groups excluding carboxylic acids is 2. The molecule has 3 amide bonds. The van der Waals surface area contributed by atoms with Crippen LogP contribution in [0.1, 0.15) is 57.7 Å². The molecule has 0 aliphatic heterocycles. The van der Waals surface area contributed by atoms with Crippen molar-refractivity contribution in [3.05, 3.63) is 35.4 Å². The highest BCUT2D eigenvalue weighted by Gasteiger charge is 2.22. The molecule has 0 fully saturated rings. The molecule has 5 heteroatoms. The summed E-state index contributed by atoms with van der Waals surface area (Å²) in [7, 11) is 0. The lowest BCUT2D eigenvalue weighted by Gasteiger charge is -2.26. The van der Waals surface area contributed by atoms with E-state index in [-0.39, 0.29) is 6.04 Å². The van der Waals surface area contributed by atoms with E-state index < -0.39 is 18.0 Å². The number of nitrogens with one attached hydrogen (secondary N) is 2. The van der Waals surface area contributed by atoms with Gasteiger partial charge in [-0.2, -0.15) is 0 Å². The maximum absolute atomic E-state index is 11.8. The third kappa shape index (κ3) is 6.40. The van der Waals surface area contributed by atoms with E-state index in [2.05, 4.69) is 55.7 Å². The van der Waals surface area contributed by atoms with E-state index in [0.29, 0.717) is 5.92 Å². The lowest BCUT2D eigenvalue weighted by molar-refractivity contribution is -0.121. The zero-order valence-corrected chi connectivity index (χ0v) is 14.6. The SMILES string of the molecule is CCCCc1ccc([C@@H](N[C@H](C)C(=O)NC(N)=O)C(C)C)cc1. The first kappa shape index (κ1) is 19.2. The van der Waals surface area contributed by atoms with Crippen LogP contribution in [0, 0.1) is 5.92 Å². The minimum atomic E-state index is -0.829. The van der Waals surface area contributed by atoms with Gasteiger partial charge in [0.1, 0.15) is 0 Å². The third-order valence-electron chi connectivity index (χ3n) is 3.89. The Kier molecular flexibility index (Phi) is 7.75. The minimum absolute atomic E-state index is 0.0313. The Hall–Kier alpha value is -1.88. The molecular formula is C18H29N3O2. The van der Waals surface area contributed by atoms with E-state index in [1.54, 1.807) is 6.92 Å². The lowest BCUT2D eigenvalue weighted by atomic mass is 9.94. The van der Waals surface area contributed by atoms with Crippen molar-refractivity contribution < 1.29 is 9.59 Å². The van der Waals surface area contributed by atoms with Crippen LogP contribution in [-0.2, 0) is 11.2 Å². The molecule has 128 valence electrons. The second-order valence-electron chi connectivity index (χ2n) is 6.31. The number of nitrogens with two attached hydrogens (primary N) is 1. The van der Waals surface area contributed by atoms with Crippen LogP contribution in [0.25, 0.3) is 0 Å². The van der Waals surface area contributed by atoms with Gasteiger partial charge in [0.2, 0.25) is 5.91 Å². The molecule has 4 N–H and O–H groups in total. The molecule has 0 bridgehead atoms. The van der Waals surface area contributed by atoms with Crippen LogP contribution in [-0.4, -0.2) is 18.0 Å². The van der Waals surface area contributed by atoms with Crippen molar-refractivity contribution in [1.29, 1.82) is 0 Å². The van der Waals surface area contributed by atoms with Crippen LogP contribution in [0.4, 0.5) is 4.79 Å². The van der Waals surface area contributed by atoms with E-state index in [1.165, 1.54) is 18.4 Å². The van der Waals surface area contributed by atoms with E-state index >= 15 is 0 Å². The first-order valence-corrected chi connectivity index (χ1v) is 8.30. The van der Waals surface area contributed by atoms with Gasteiger partial charge in [0, 0.05) is 6.04 Å². The fourth-order valence-electron chi connectivity index (χ4n) is 2.52. The van der Waals surface area contributed by atoms with Crippen LogP contribution >= 0.6 is 0 Å². The Morgan fingerprint density at radius 2 is 1.74 bits per heavy atom. The average Bonchev–Trinajstić information content (AvgIpc) is 2.50. The Bertz CT molecular complexity index is 512. The van der Waals surface area contributed by atoms with Crippen molar-refractivity contribution in [3.63, 3.8) is 0 Å². The number of primary amides is 1. The molecular weight excluding hydrogens is 290 g/mol. The highest BCUT2D eigenvalue weighted by atomic mass is 16.2. The van der Waals surface area contributed by atoms with Gasteiger partial charge < -0.3 is 5.73 Å². The van der Waals surface area contributed by atoms with Gasteiger partial charge in [-0.1, -0.05) is 51.5 Å². The Balaban J connectivity index is 2.78. The largest absolute Gasteiger partial charge is 0.351 e. The van der Waals surface area contributed by atoms with Crippen LogP contribution in [0.5, 0.6) is 0 Å². The first-order valence-electron chi connectivity index (χ1n) is 8.30. The zero-order chi connectivity index (χ0) is 17.4. The summed E-state index contributed by atoms with van der Waals surface area (Å²) in [4.78, 5) is 22.6. The lowest BCUT2D eigenvalue weighted by Crippen LogP contribution is -2.48. The van der Waals surface area contributed by atoms with Crippen molar-refractivity contribution in [1.82, 2.24) is 10.6 Å². The third-order valence-corrected chi connectivity index (χ3v) is 3.89. The van der Waals surface area contributed by atoms with Gasteiger partial charge in [-0.05, 0) is 36.8 Å². The number of amides is 3. The standard InChI is InChI=1S/C18H29N3O2/c1-5-6-7-14-8-10-15(11-9-14)16(12(2)3)20-13(4)17(22)21-18(19)23/h8-13,16,20H,5-7H2,1-4H3,(H3,19,21,22,23)/t13-,16+/m1/s1. The predicted molar refractivity (Wildman–Crippen MR) is 93.0 cm³/mol. The number of rotatable bonds is 8. The van der Waals surface area contributed by atoms with Gasteiger partial charge in [0.15, 0.2) is 0 Å². The number of hydrogen-bond donors (Lipinski definition) is 3.